The summed E-state index contributed by atoms with van der Waals surface area (Å²) in [4.78, 5) is 61.6. The molecule has 0 spiro atoms. The summed E-state index contributed by atoms with van der Waals surface area (Å²) in [5.41, 5.74) is 3.96. The van der Waals surface area contributed by atoms with Gasteiger partial charge in [-0.15, -0.1) is 0 Å². The van der Waals surface area contributed by atoms with Gasteiger partial charge in [0.2, 0.25) is 0 Å². The van der Waals surface area contributed by atoms with E-state index in [4.69, 9.17) is 29.4 Å². The standard InChI is InChI=1S/C46H81N5O9/c1-43(2,3)57-39(52)32-48-23-24-49(33-40(53)58-44(4,5)6)27-28-51(35-42(55)60-46(10,11)12)37(31-50(26-25-48)34-41(54)59-45(7,8)9)30-36-18-20-38(21-19-36)56-29-17-15-13-14-16-22-47/h18-21,37H,13-17,22-35,47H2,1-12H3/t37-/m0/s1. The Kier molecular flexibility index (Phi) is 22.0. The molecule has 1 fully saturated rings. The fourth-order valence-corrected chi connectivity index (χ4v) is 6.78. The molecule has 1 saturated heterocycles. The van der Waals surface area contributed by atoms with E-state index in [-0.39, 0.29) is 56.1 Å². The van der Waals surface area contributed by atoms with Gasteiger partial charge >= 0.3 is 23.9 Å². The van der Waals surface area contributed by atoms with E-state index in [0.717, 1.165) is 50.0 Å². The van der Waals surface area contributed by atoms with Gasteiger partial charge in [-0.1, -0.05) is 31.4 Å². The minimum atomic E-state index is -0.692. The van der Waals surface area contributed by atoms with Gasteiger partial charge in [0.1, 0.15) is 28.2 Å². The second-order valence-corrected chi connectivity index (χ2v) is 20.0. The number of nitrogens with two attached hydrogens (primary N) is 1. The Bertz CT molecular complexity index is 1440. The zero-order valence-electron chi connectivity index (χ0n) is 39.4. The van der Waals surface area contributed by atoms with Crippen molar-refractivity contribution in [1.29, 1.82) is 0 Å². The lowest BCUT2D eigenvalue weighted by Crippen LogP contribution is -2.54. The molecule has 60 heavy (non-hydrogen) atoms. The van der Waals surface area contributed by atoms with Crippen molar-refractivity contribution >= 4 is 23.9 Å². The number of ether oxygens (including phenoxy) is 5. The van der Waals surface area contributed by atoms with Crippen LogP contribution in [0.1, 0.15) is 121 Å². The number of unbranched alkanes of at least 4 members (excludes halogenated alkanes) is 4. The summed E-state index contributed by atoms with van der Waals surface area (Å²) in [6, 6.07) is 7.78. The first-order valence-corrected chi connectivity index (χ1v) is 22.0. The average molecular weight is 848 g/mol. The van der Waals surface area contributed by atoms with Crippen molar-refractivity contribution in [3.05, 3.63) is 29.8 Å². The molecule has 0 aliphatic carbocycles. The summed E-state index contributed by atoms with van der Waals surface area (Å²) >= 11 is 0. The van der Waals surface area contributed by atoms with Crippen molar-refractivity contribution < 1.29 is 42.9 Å². The van der Waals surface area contributed by atoms with E-state index in [1.807, 2.05) is 122 Å². The Morgan fingerprint density at radius 3 is 1.37 bits per heavy atom. The molecular formula is C46H81N5O9. The monoisotopic (exact) mass is 848 g/mol. The van der Waals surface area contributed by atoms with E-state index < -0.39 is 22.4 Å². The number of hydrogen-bond donors (Lipinski definition) is 1. The normalized spacial score (nSPS) is 17.6. The first kappa shape index (κ1) is 52.8. The molecule has 0 aromatic heterocycles. The Hall–Kier alpha value is -3.30. The first-order chi connectivity index (χ1) is 27.8. The number of carbonyl (C=O) groups excluding carboxylic acids is 4. The van der Waals surface area contributed by atoms with Crippen LogP contribution in [0.5, 0.6) is 5.75 Å². The molecule has 1 heterocycles. The molecule has 1 aliphatic heterocycles. The van der Waals surface area contributed by atoms with Crippen LogP contribution in [0.15, 0.2) is 24.3 Å². The van der Waals surface area contributed by atoms with E-state index in [1.54, 1.807) is 0 Å². The van der Waals surface area contributed by atoms with Gasteiger partial charge in [0.25, 0.3) is 0 Å². The van der Waals surface area contributed by atoms with Crippen LogP contribution in [0.2, 0.25) is 0 Å². The predicted octanol–water partition coefficient (Wildman–Crippen LogP) is 5.47. The molecule has 0 amide bonds. The zero-order chi connectivity index (χ0) is 45.1. The second kappa shape index (κ2) is 25.0. The highest BCUT2D eigenvalue weighted by Gasteiger charge is 2.31. The van der Waals surface area contributed by atoms with Gasteiger partial charge in [-0.05, 0) is 127 Å². The van der Waals surface area contributed by atoms with Crippen molar-refractivity contribution in [2.24, 2.45) is 5.73 Å². The largest absolute Gasteiger partial charge is 0.494 e. The van der Waals surface area contributed by atoms with Gasteiger partial charge in [0.05, 0.1) is 32.8 Å². The highest BCUT2D eigenvalue weighted by molar-refractivity contribution is 5.73. The first-order valence-electron chi connectivity index (χ1n) is 22.0. The van der Waals surface area contributed by atoms with E-state index in [0.29, 0.717) is 58.8 Å². The van der Waals surface area contributed by atoms with Crippen LogP contribution in [0.4, 0.5) is 0 Å². The summed E-state index contributed by atoms with van der Waals surface area (Å²) in [5, 5.41) is 0. The Morgan fingerprint density at radius 2 is 0.917 bits per heavy atom. The summed E-state index contributed by atoms with van der Waals surface area (Å²) in [6.45, 7) is 26.5. The lowest BCUT2D eigenvalue weighted by Gasteiger charge is -2.39. The van der Waals surface area contributed by atoms with Gasteiger partial charge in [-0.25, -0.2) is 0 Å². The zero-order valence-corrected chi connectivity index (χ0v) is 39.4. The van der Waals surface area contributed by atoms with Crippen molar-refractivity contribution in [3.63, 3.8) is 0 Å². The molecule has 2 rings (SSSR count). The van der Waals surface area contributed by atoms with Crippen LogP contribution in [-0.2, 0) is 44.5 Å². The molecule has 1 aliphatic rings. The smallest absolute Gasteiger partial charge is 0.320 e. The molecule has 14 nitrogen and oxygen atoms in total. The summed E-state index contributed by atoms with van der Waals surface area (Å²) in [6.07, 6.45) is 5.95. The molecule has 0 saturated carbocycles. The van der Waals surface area contributed by atoms with Crippen LogP contribution in [0, 0.1) is 0 Å². The molecule has 1 atom stereocenters. The number of carbonyl (C=O) groups is 4. The number of esters is 4. The van der Waals surface area contributed by atoms with Crippen LogP contribution in [-0.4, -0.2) is 157 Å². The molecule has 0 unspecified atom stereocenters. The number of nitrogens with zero attached hydrogens (tertiary/aromatic N) is 4. The highest BCUT2D eigenvalue weighted by Crippen LogP contribution is 2.20. The average Bonchev–Trinajstić information content (AvgIpc) is 3.07. The molecule has 344 valence electrons. The van der Waals surface area contributed by atoms with Crippen LogP contribution < -0.4 is 10.5 Å². The third-order valence-electron chi connectivity index (χ3n) is 9.24. The van der Waals surface area contributed by atoms with E-state index >= 15 is 0 Å². The van der Waals surface area contributed by atoms with Crippen molar-refractivity contribution in [1.82, 2.24) is 19.6 Å². The van der Waals surface area contributed by atoms with E-state index in [2.05, 4.69) is 4.90 Å². The summed E-state index contributed by atoms with van der Waals surface area (Å²) in [5.74, 6) is -0.661. The molecule has 0 radical (unpaired) electrons. The van der Waals surface area contributed by atoms with Crippen molar-refractivity contribution in [2.75, 3.05) is 85.1 Å². The minimum Gasteiger partial charge on any atom is -0.494 e. The lowest BCUT2D eigenvalue weighted by atomic mass is 10.0. The van der Waals surface area contributed by atoms with Crippen molar-refractivity contribution in [3.8, 4) is 5.75 Å². The minimum absolute atomic E-state index is 0.000262. The van der Waals surface area contributed by atoms with Crippen LogP contribution in [0.3, 0.4) is 0 Å². The summed E-state index contributed by atoms with van der Waals surface area (Å²) < 4.78 is 29.2. The predicted molar refractivity (Wildman–Crippen MR) is 236 cm³/mol. The van der Waals surface area contributed by atoms with Crippen LogP contribution in [0.25, 0.3) is 0 Å². The number of benzene rings is 1. The Morgan fingerprint density at radius 1 is 0.533 bits per heavy atom. The van der Waals surface area contributed by atoms with Crippen molar-refractivity contribution in [2.45, 2.75) is 150 Å². The third-order valence-corrected chi connectivity index (χ3v) is 9.24. The van der Waals surface area contributed by atoms with Gasteiger partial charge in [-0.2, -0.15) is 0 Å². The highest BCUT2D eigenvalue weighted by atomic mass is 16.6. The number of hydrogen-bond acceptors (Lipinski definition) is 14. The van der Waals surface area contributed by atoms with Crippen LogP contribution >= 0.6 is 0 Å². The van der Waals surface area contributed by atoms with E-state index in [1.165, 1.54) is 0 Å². The summed E-state index contributed by atoms with van der Waals surface area (Å²) in [7, 11) is 0. The Balaban J connectivity index is 2.55. The molecule has 1 aromatic carbocycles. The fraction of sp³-hybridized carbons (Fsp3) is 0.783. The molecule has 14 heteroatoms. The maximum Gasteiger partial charge on any atom is 0.320 e. The second-order valence-electron chi connectivity index (χ2n) is 20.0. The SMILES string of the molecule is CC(C)(C)OC(=O)CN1CCN(CC(=O)OC(C)(C)C)CCN(CC(=O)OC(C)(C)C)[C@@H](Cc2ccc(OCCCCCCCN)cc2)CN(CC(=O)OC(C)(C)C)CC1. The van der Waals surface area contributed by atoms with Gasteiger partial charge < -0.3 is 29.4 Å². The van der Waals surface area contributed by atoms with Gasteiger partial charge in [-0.3, -0.25) is 38.8 Å². The quantitative estimate of drug-likeness (QED) is 0.113. The van der Waals surface area contributed by atoms with Gasteiger partial charge in [0, 0.05) is 51.9 Å². The topological polar surface area (TPSA) is 153 Å². The number of rotatable bonds is 18. The molecule has 2 N–H and O–H groups in total. The molecule has 0 bridgehead atoms. The fourth-order valence-electron chi connectivity index (χ4n) is 6.78. The maximum atomic E-state index is 13.6. The maximum absolute atomic E-state index is 13.6. The van der Waals surface area contributed by atoms with E-state index in [9.17, 15) is 19.2 Å². The molecular weight excluding hydrogens is 767 g/mol. The lowest BCUT2D eigenvalue weighted by molar-refractivity contribution is -0.160. The Labute approximate surface area is 362 Å². The van der Waals surface area contributed by atoms with Gasteiger partial charge in [0.15, 0.2) is 0 Å². The third kappa shape index (κ3) is 25.5. The molecule has 1 aromatic rings.